The summed E-state index contributed by atoms with van der Waals surface area (Å²) in [6.07, 6.45) is 0.594. The Morgan fingerprint density at radius 2 is 1.63 bits per heavy atom. The van der Waals surface area contributed by atoms with Crippen molar-refractivity contribution in [1.29, 1.82) is 0 Å². The van der Waals surface area contributed by atoms with E-state index in [0.717, 1.165) is 4.90 Å². The van der Waals surface area contributed by atoms with Crippen molar-refractivity contribution in [2.45, 2.75) is 11.3 Å². The van der Waals surface area contributed by atoms with E-state index in [2.05, 4.69) is 0 Å². The Morgan fingerprint density at radius 3 is 2.33 bits per heavy atom. The van der Waals surface area contributed by atoms with E-state index in [1.165, 1.54) is 16.7 Å². The molecule has 0 saturated carbocycles. The third kappa shape index (κ3) is 4.07. The lowest BCUT2D eigenvalue weighted by molar-refractivity contribution is -0.136. The van der Waals surface area contributed by atoms with Crippen LogP contribution in [0.5, 0.6) is 5.75 Å². The Kier molecular flexibility index (Phi) is 6.32. The fraction of sp³-hybridized carbons (Fsp3) is 0.238. The molecule has 1 heterocycles. The number of amides is 2. The summed E-state index contributed by atoms with van der Waals surface area (Å²) < 4.78 is 10.5. The molecule has 0 radical (unpaired) electrons. The van der Waals surface area contributed by atoms with Gasteiger partial charge in [0.1, 0.15) is 5.75 Å². The number of ether oxygens (including phenoxy) is 2. The highest BCUT2D eigenvalue weighted by Gasteiger charge is 2.40. The second-order valence-corrected chi connectivity index (χ2v) is 7.01. The number of carbonyl (C=O) groups is 2. The standard InChI is InChI=1S/C21H21NO4S/c1-25-14-8-13-22-20(23)18(16-11-6-7-12-17(16)26-2)19(21(22)24)27-15-9-4-3-5-10-15/h3-7,9-12H,8,13-14H2,1-2H3. The van der Waals surface area contributed by atoms with Crippen LogP contribution in [0.25, 0.3) is 5.57 Å². The number of hydrogen-bond acceptors (Lipinski definition) is 5. The van der Waals surface area contributed by atoms with Crippen molar-refractivity contribution >= 4 is 29.1 Å². The predicted molar refractivity (Wildman–Crippen MR) is 105 cm³/mol. The number of para-hydroxylation sites is 1. The van der Waals surface area contributed by atoms with Gasteiger partial charge in [-0.05, 0) is 24.6 Å². The second-order valence-electron chi connectivity index (χ2n) is 5.93. The maximum atomic E-state index is 13.1. The first kappa shape index (κ1) is 19.2. The molecule has 0 atom stereocenters. The lowest BCUT2D eigenvalue weighted by Crippen LogP contribution is -2.33. The lowest BCUT2D eigenvalue weighted by atomic mass is 10.1. The number of carbonyl (C=O) groups excluding carboxylic acids is 2. The van der Waals surface area contributed by atoms with E-state index in [9.17, 15) is 9.59 Å². The minimum absolute atomic E-state index is 0.272. The number of rotatable bonds is 8. The van der Waals surface area contributed by atoms with Crippen molar-refractivity contribution in [2.75, 3.05) is 27.4 Å². The van der Waals surface area contributed by atoms with E-state index in [4.69, 9.17) is 9.47 Å². The van der Waals surface area contributed by atoms with Crippen LogP contribution in [-0.2, 0) is 14.3 Å². The van der Waals surface area contributed by atoms with Gasteiger partial charge in [-0.1, -0.05) is 48.2 Å². The number of benzene rings is 2. The zero-order valence-electron chi connectivity index (χ0n) is 15.3. The molecule has 27 heavy (non-hydrogen) atoms. The van der Waals surface area contributed by atoms with Crippen LogP contribution in [-0.4, -0.2) is 44.1 Å². The molecule has 0 aliphatic carbocycles. The fourth-order valence-electron chi connectivity index (χ4n) is 2.91. The molecule has 0 spiro atoms. The van der Waals surface area contributed by atoms with E-state index in [1.807, 2.05) is 48.5 Å². The molecule has 5 nitrogen and oxygen atoms in total. The third-order valence-corrected chi connectivity index (χ3v) is 5.29. The molecule has 0 aromatic heterocycles. The quantitative estimate of drug-likeness (QED) is 0.515. The summed E-state index contributed by atoms with van der Waals surface area (Å²) in [5, 5.41) is 0. The van der Waals surface area contributed by atoms with Crippen LogP contribution < -0.4 is 4.74 Å². The van der Waals surface area contributed by atoms with Crippen LogP contribution in [0.3, 0.4) is 0 Å². The third-order valence-electron chi connectivity index (χ3n) is 4.20. The van der Waals surface area contributed by atoms with Crippen molar-refractivity contribution in [2.24, 2.45) is 0 Å². The van der Waals surface area contributed by atoms with Gasteiger partial charge in [0.2, 0.25) is 0 Å². The predicted octanol–water partition coefficient (Wildman–Crippen LogP) is 3.60. The van der Waals surface area contributed by atoms with Gasteiger partial charge in [0, 0.05) is 30.7 Å². The van der Waals surface area contributed by atoms with Gasteiger partial charge in [-0.25, -0.2) is 0 Å². The number of hydrogen-bond donors (Lipinski definition) is 0. The van der Waals surface area contributed by atoms with Crippen molar-refractivity contribution in [1.82, 2.24) is 4.90 Å². The number of methoxy groups -OCH3 is 2. The Bertz CT molecular complexity index is 863. The molecule has 2 aromatic carbocycles. The van der Waals surface area contributed by atoms with Gasteiger partial charge in [0.05, 0.1) is 17.6 Å². The smallest absolute Gasteiger partial charge is 0.268 e. The second kappa shape index (κ2) is 8.88. The van der Waals surface area contributed by atoms with Gasteiger partial charge in [-0.2, -0.15) is 0 Å². The number of nitrogens with zero attached hydrogens (tertiary/aromatic N) is 1. The highest BCUT2D eigenvalue weighted by Crippen LogP contribution is 2.42. The first-order chi connectivity index (χ1) is 13.2. The van der Waals surface area contributed by atoms with Crippen molar-refractivity contribution in [3.8, 4) is 5.75 Å². The molecular formula is C21H21NO4S. The van der Waals surface area contributed by atoms with Crippen LogP contribution >= 0.6 is 11.8 Å². The Hall–Kier alpha value is -2.57. The van der Waals surface area contributed by atoms with Gasteiger partial charge in [0.15, 0.2) is 0 Å². The maximum Gasteiger partial charge on any atom is 0.268 e. The van der Waals surface area contributed by atoms with Crippen molar-refractivity contribution < 1.29 is 19.1 Å². The summed E-state index contributed by atoms with van der Waals surface area (Å²) in [6, 6.07) is 16.8. The summed E-state index contributed by atoms with van der Waals surface area (Å²) in [6.45, 7) is 0.811. The molecule has 0 N–H and O–H groups in total. The van der Waals surface area contributed by atoms with E-state index < -0.39 is 0 Å². The maximum absolute atomic E-state index is 13.1. The van der Waals surface area contributed by atoms with Crippen LogP contribution in [0.15, 0.2) is 64.4 Å². The highest BCUT2D eigenvalue weighted by atomic mass is 32.2. The van der Waals surface area contributed by atoms with Gasteiger partial charge < -0.3 is 9.47 Å². The normalized spacial score (nSPS) is 14.2. The molecule has 0 unspecified atom stereocenters. The molecule has 140 valence electrons. The topological polar surface area (TPSA) is 55.8 Å². The summed E-state index contributed by atoms with van der Waals surface area (Å²) in [7, 11) is 3.16. The molecule has 2 amide bonds. The van der Waals surface area contributed by atoms with Gasteiger partial charge in [0.25, 0.3) is 11.8 Å². The first-order valence-electron chi connectivity index (χ1n) is 8.63. The number of thioether (sulfide) groups is 1. The Labute approximate surface area is 163 Å². The average Bonchev–Trinajstić information content (AvgIpc) is 2.93. The average molecular weight is 383 g/mol. The molecule has 1 aliphatic heterocycles. The molecule has 0 saturated heterocycles. The van der Waals surface area contributed by atoms with Crippen molar-refractivity contribution in [3.05, 3.63) is 65.1 Å². The molecule has 6 heteroatoms. The van der Waals surface area contributed by atoms with Crippen LogP contribution in [0, 0.1) is 0 Å². The molecule has 1 aliphatic rings. The molecule has 3 rings (SSSR count). The summed E-state index contributed by atoms with van der Waals surface area (Å²) >= 11 is 1.31. The van der Waals surface area contributed by atoms with E-state index in [-0.39, 0.29) is 11.8 Å². The zero-order valence-corrected chi connectivity index (χ0v) is 16.1. The van der Waals surface area contributed by atoms with E-state index in [1.54, 1.807) is 20.3 Å². The SMILES string of the molecule is COCCCN1C(=O)C(Sc2ccccc2)=C(c2ccccc2OC)C1=O. The molecule has 0 bridgehead atoms. The summed E-state index contributed by atoms with van der Waals surface area (Å²) in [4.78, 5) is 28.8. The summed E-state index contributed by atoms with van der Waals surface area (Å²) in [5.74, 6) is 0.00319. The molecule has 0 fully saturated rings. The first-order valence-corrected chi connectivity index (χ1v) is 9.44. The monoisotopic (exact) mass is 383 g/mol. The van der Waals surface area contributed by atoms with E-state index in [0.29, 0.717) is 41.4 Å². The van der Waals surface area contributed by atoms with Gasteiger partial charge in [-0.15, -0.1) is 0 Å². The summed E-state index contributed by atoms with van der Waals surface area (Å²) in [5.41, 5.74) is 1.02. The van der Waals surface area contributed by atoms with Crippen LogP contribution in [0.4, 0.5) is 0 Å². The highest BCUT2D eigenvalue weighted by molar-refractivity contribution is 8.04. The Balaban J connectivity index is 2.03. The molecule has 2 aromatic rings. The van der Waals surface area contributed by atoms with Gasteiger partial charge >= 0.3 is 0 Å². The zero-order chi connectivity index (χ0) is 19.2. The van der Waals surface area contributed by atoms with Crippen molar-refractivity contribution in [3.63, 3.8) is 0 Å². The fourth-order valence-corrected chi connectivity index (χ4v) is 3.94. The lowest BCUT2D eigenvalue weighted by Gasteiger charge is -2.15. The van der Waals surface area contributed by atoms with Gasteiger partial charge in [-0.3, -0.25) is 14.5 Å². The Morgan fingerprint density at radius 1 is 0.926 bits per heavy atom. The minimum Gasteiger partial charge on any atom is -0.496 e. The largest absolute Gasteiger partial charge is 0.496 e. The number of imide groups is 1. The molecular weight excluding hydrogens is 362 g/mol. The minimum atomic E-state index is -0.293. The van der Waals surface area contributed by atoms with Crippen LogP contribution in [0.1, 0.15) is 12.0 Å². The van der Waals surface area contributed by atoms with Crippen LogP contribution in [0.2, 0.25) is 0 Å². The van der Waals surface area contributed by atoms with E-state index >= 15 is 0 Å².